The van der Waals surface area contributed by atoms with Crippen LogP contribution < -0.4 is 0 Å². The van der Waals surface area contributed by atoms with E-state index in [4.69, 9.17) is 5.41 Å². The van der Waals surface area contributed by atoms with E-state index in [1.165, 1.54) is 13.0 Å². The third kappa shape index (κ3) is 5.57. The van der Waals surface area contributed by atoms with Crippen molar-refractivity contribution in [3.8, 4) is 0 Å². The average molecular weight is 283 g/mol. The lowest BCUT2D eigenvalue weighted by Crippen LogP contribution is -2.32. The van der Waals surface area contributed by atoms with Crippen molar-refractivity contribution >= 4 is 22.8 Å². The summed E-state index contributed by atoms with van der Waals surface area (Å²) >= 11 is 0.564. The molecule has 104 valence electrons. The summed E-state index contributed by atoms with van der Waals surface area (Å²) < 4.78 is 42.7. The van der Waals surface area contributed by atoms with Gasteiger partial charge in [0.15, 0.2) is 5.04 Å². The molecule has 2 atom stereocenters. The highest BCUT2D eigenvalue weighted by atomic mass is 32.2. The van der Waals surface area contributed by atoms with E-state index in [-0.39, 0.29) is 13.0 Å². The Labute approximate surface area is 108 Å². The molecule has 0 bridgehead atoms. The molecular weight excluding hydrogens is 267 g/mol. The van der Waals surface area contributed by atoms with Crippen molar-refractivity contribution in [2.45, 2.75) is 31.7 Å². The van der Waals surface area contributed by atoms with E-state index in [2.05, 4.69) is 11.3 Å². The molecule has 0 spiro atoms. The fraction of sp³-hybridized carbons (Fsp3) is 0.636. The van der Waals surface area contributed by atoms with Crippen LogP contribution in [-0.2, 0) is 9.53 Å². The van der Waals surface area contributed by atoms with E-state index in [1.54, 1.807) is 6.92 Å². The van der Waals surface area contributed by atoms with Crippen LogP contribution in [0.4, 0.5) is 13.2 Å². The highest BCUT2D eigenvalue weighted by Gasteiger charge is 2.43. The van der Waals surface area contributed by atoms with Gasteiger partial charge in [0.25, 0.3) is 0 Å². The van der Waals surface area contributed by atoms with Crippen LogP contribution in [-0.4, -0.2) is 29.0 Å². The normalized spacial score (nSPS) is 14.7. The SMILES string of the molecule is C=CC[C@H](C(C)SC(=N)C(=O)OCC)C(F)(F)F. The van der Waals surface area contributed by atoms with Crippen LogP contribution >= 0.6 is 11.8 Å². The van der Waals surface area contributed by atoms with Gasteiger partial charge in [0, 0.05) is 5.25 Å². The molecule has 0 aliphatic carbocycles. The molecule has 0 fully saturated rings. The predicted octanol–water partition coefficient (Wildman–Crippen LogP) is 3.40. The van der Waals surface area contributed by atoms with Crippen molar-refractivity contribution in [3.63, 3.8) is 0 Å². The highest BCUT2D eigenvalue weighted by Crippen LogP contribution is 2.37. The first-order valence-electron chi connectivity index (χ1n) is 5.33. The zero-order valence-corrected chi connectivity index (χ0v) is 11.0. The topological polar surface area (TPSA) is 50.2 Å². The standard InChI is InChI=1S/C11H16F3NO2S/c1-4-6-8(11(12,13)14)7(3)18-9(15)10(16)17-5-2/h4,7-8,15H,1,5-6H2,2-3H3/t7?,8-/m1/s1. The van der Waals surface area contributed by atoms with Gasteiger partial charge in [0.05, 0.1) is 12.5 Å². The Kier molecular flexibility index (Phi) is 7.05. The summed E-state index contributed by atoms with van der Waals surface area (Å²) in [6.45, 7) is 6.27. The van der Waals surface area contributed by atoms with Gasteiger partial charge in [-0.05, 0) is 13.3 Å². The number of ether oxygens (including phenoxy) is 1. The van der Waals surface area contributed by atoms with Gasteiger partial charge in [0.2, 0.25) is 0 Å². The number of thioether (sulfide) groups is 1. The molecule has 0 heterocycles. The molecule has 1 N–H and O–H groups in total. The number of allylic oxidation sites excluding steroid dienone is 1. The second-order valence-electron chi connectivity index (χ2n) is 3.55. The van der Waals surface area contributed by atoms with Gasteiger partial charge in [-0.2, -0.15) is 13.2 Å². The number of halogens is 3. The lowest BCUT2D eigenvalue weighted by molar-refractivity contribution is -0.172. The number of carbonyl (C=O) groups is 1. The molecule has 0 amide bonds. The maximum absolute atomic E-state index is 12.7. The average Bonchev–Trinajstić information content (AvgIpc) is 2.24. The van der Waals surface area contributed by atoms with Crippen molar-refractivity contribution < 1.29 is 22.7 Å². The zero-order valence-electron chi connectivity index (χ0n) is 10.2. The zero-order chi connectivity index (χ0) is 14.3. The Morgan fingerprint density at radius 2 is 2.11 bits per heavy atom. The summed E-state index contributed by atoms with van der Waals surface area (Å²) in [7, 11) is 0. The van der Waals surface area contributed by atoms with E-state index in [1.807, 2.05) is 0 Å². The Balaban J connectivity index is 4.61. The molecule has 0 aliphatic heterocycles. The molecule has 0 saturated carbocycles. The lowest BCUT2D eigenvalue weighted by Gasteiger charge is -2.24. The maximum Gasteiger partial charge on any atom is 0.393 e. The van der Waals surface area contributed by atoms with E-state index in [9.17, 15) is 18.0 Å². The van der Waals surface area contributed by atoms with Crippen molar-refractivity contribution in [1.82, 2.24) is 0 Å². The molecule has 0 aliphatic rings. The van der Waals surface area contributed by atoms with Gasteiger partial charge in [-0.1, -0.05) is 24.8 Å². The molecule has 0 aromatic rings. The minimum atomic E-state index is -4.38. The molecule has 0 aromatic heterocycles. The fourth-order valence-corrected chi connectivity index (χ4v) is 2.24. The van der Waals surface area contributed by atoms with E-state index < -0.39 is 28.4 Å². The van der Waals surface area contributed by atoms with Crippen LogP contribution in [0.3, 0.4) is 0 Å². The summed E-state index contributed by atoms with van der Waals surface area (Å²) in [6.07, 6.45) is -3.44. The fourth-order valence-electron chi connectivity index (χ4n) is 1.28. The third-order valence-electron chi connectivity index (χ3n) is 2.17. The smallest absolute Gasteiger partial charge is 0.393 e. The van der Waals surface area contributed by atoms with Crippen molar-refractivity contribution in [1.29, 1.82) is 5.41 Å². The van der Waals surface area contributed by atoms with Gasteiger partial charge in [0.1, 0.15) is 0 Å². The number of nitrogens with one attached hydrogen (secondary N) is 1. The second kappa shape index (κ2) is 7.45. The van der Waals surface area contributed by atoms with Crippen LogP contribution in [0, 0.1) is 11.3 Å². The largest absolute Gasteiger partial charge is 0.461 e. The monoisotopic (exact) mass is 283 g/mol. The predicted molar refractivity (Wildman–Crippen MR) is 65.8 cm³/mol. The molecule has 0 radical (unpaired) electrons. The van der Waals surface area contributed by atoms with E-state index >= 15 is 0 Å². The summed E-state index contributed by atoms with van der Waals surface area (Å²) in [4.78, 5) is 11.1. The Morgan fingerprint density at radius 3 is 2.50 bits per heavy atom. The van der Waals surface area contributed by atoms with Gasteiger partial charge in [-0.25, -0.2) is 4.79 Å². The number of carbonyl (C=O) groups excluding carboxylic acids is 1. The van der Waals surface area contributed by atoms with Crippen molar-refractivity contribution in [2.75, 3.05) is 6.61 Å². The molecule has 1 unspecified atom stereocenters. The number of hydrogen-bond acceptors (Lipinski definition) is 4. The van der Waals surface area contributed by atoms with E-state index in [0.717, 1.165) is 0 Å². The number of alkyl halides is 3. The van der Waals surface area contributed by atoms with Crippen molar-refractivity contribution in [3.05, 3.63) is 12.7 Å². The van der Waals surface area contributed by atoms with Gasteiger partial charge >= 0.3 is 12.1 Å². The van der Waals surface area contributed by atoms with Crippen LogP contribution in [0.15, 0.2) is 12.7 Å². The summed E-state index contributed by atoms with van der Waals surface area (Å²) in [5.41, 5.74) is 0. The quantitative estimate of drug-likeness (QED) is 0.364. The Bertz CT molecular complexity index is 318. The van der Waals surface area contributed by atoms with Crippen LogP contribution in [0.5, 0.6) is 0 Å². The summed E-state index contributed by atoms with van der Waals surface area (Å²) in [5, 5.41) is 5.90. The summed E-state index contributed by atoms with van der Waals surface area (Å²) in [5.74, 6) is -2.52. The molecular formula is C11H16F3NO2S. The van der Waals surface area contributed by atoms with Gasteiger partial charge in [-0.15, -0.1) is 6.58 Å². The van der Waals surface area contributed by atoms with Crippen LogP contribution in [0.25, 0.3) is 0 Å². The number of esters is 1. The third-order valence-corrected chi connectivity index (χ3v) is 3.27. The van der Waals surface area contributed by atoms with Gasteiger partial charge in [-0.3, -0.25) is 5.41 Å². The molecule has 7 heteroatoms. The minimum absolute atomic E-state index is 0.0888. The van der Waals surface area contributed by atoms with Crippen LogP contribution in [0.1, 0.15) is 20.3 Å². The Morgan fingerprint density at radius 1 is 1.56 bits per heavy atom. The first kappa shape index (κ1) is 17.0. The molecule has 0 rings (SSSR count). The van der Waals surface area contributed by atoms with Crippen molar-refractivity contribution in [2.24, 2.45) is 5.92 Å². The van der Waals surface area contributed by atoms with Gasteiger partial charge < -0.3 is 4.74 Å². The first-order chi connectivity index (χ1) is 8.23. The highest BCUT2D eigenvalue weighted by molar-refractivity contribution is 8.16. The molecule has 18 heavy (non-hydrogen) atoms. The molecule has 0 saturated heterocycles. The van der Waals surface area contributed by atoms with Crippen LogP contribution in [0.2, 0.25) is 0 Å². The summed E-state index contributed by atoms with van der Waals surface area (Å²) in [6, 6.07) is 0. The lowest BCUT2D eigenvalue weighted by atomic mass is 10.0. The molecule has 0 aromatic carbocycles. The second-order valence-corrected chi connectivity index (χ2v) is 4.93. The first-order valence-corrected chi connectivity index (χ1v) is 6.21. The number of hydrogen-bond donors (Lipinski definition) is 1. The van der Waals surface area contributed by atoms with E-state index in [0.29, 0.717) is 11.8 Å². The number of rotatable bonds is 5. The molecule has 3 nitrogen and oxygen atoms in total. The Hall–Kier alpha value is -0.980. The minimum Gasteiger partial charge on any atom is -0.461 e. The maximum atomic E-state index is 12.7.